The smallest absolute Gasteiger partial charge is 0.337 e. The Hall–Kier alpha value is -1.82. The molecule has 2 aromatic rings. The molecule has 1 heterocycles. The number of nitrogens with two attached hydrogens (primary N) is 1. The number of hydrogen-bond acceptors (Lipinski definition) is 3. The summed E-state index contributed by atoms with van der Waals surface area (Å²) in [5, 5.41) is 13.5. The number of carboxylic acids is 1. The van der Waals surface area contributed by atoms with Gasteiger partial charge >= 0.3 is 5.97 Å². The largest absolute Gasteiger partial charge is 0.478 e. The number of nitrogens with zero attached hydrogens (tertiary/aromatic N) is 2. The predicted octanol–water partition coefficient (Wildman–Crippen LogP) is 2.53. The molecule has 0 radical (unpaired) electrons. The van der Waals surface area contributed by atoms with Gasteiger partial charge in [-0.15, -0.1) is 0 Å². The first-order chi connectivity index (χ1) is 8.41. The highest BCUT2D eigenvalue weighted by molar-refractivity contribution is 9.10. The Morgan fingerprint density at radius 3 is 2.61 bits per heavy atom. The summed E-state index contributed by atoms with van der Waals surface area (Å²) in [6.45, 7) is 3.72. The van der Waals surface area contributed by atoms with Gasteiger partial charge in [0.2, 0.25) is 0 Å². The van der Waals surface area contributed by atoms with Crippen LogP contribution in [0.15, 0.2) is 22.7 Å². The summed E-state index contributed by atoms with van der Waals surface area (Å²) in [6.07, 6.45) is 0. The van der Waals surface area contributed by atoms with Gasteiger partial charge in [0.25, 0.3) is 0 Å². The van der Waals surface area contributed by atoms with Gasteiger partial charge in [-0.3, -0.25) is 0 Å². The molecule has 0 fully saturated rings. The van der Waals surface area contributed by atoms with Crippen LogP contribution in [0, 0.1) is 13.8 Å². The number of aromatic nitrogens is 2. The molecule has 0 bridgehead atoms. The first-order valence-corrected chi connectivity index (χ1v) is 6.06. The van der Waals surface area contributed by atoms with E-state index in [1.165, 1.54) is 6.07 Å². The van der Waals surface area contributed by atoms with Crippen molar-refractivity contribution in [3.63, 3.8) is 0 Å². The van der Waals surface area contributed by atoms with E-state index in [2.05, 4.69) is 21.0 Å². The third-order valence-corrected chi connectivity index (χ3v) is 3.83. The molecular formula is C12H12BrN3O2. The molecule has 0 aliphatic carbocycles. The molecule has 0 saturated heterocycles. The summed E-state index contributed by atoms with van der Waals surface area (Å²) in [6, 6.07) is 4.75. The van der Waals surface area contributed by atoms with Crippen molar-refractivity contribution in [2.24, 2.45) is 0 Å². The lowest BCUT2D eigenvalue weighted by molar-refractivity contribution is 0.0697. The number of aromatic carboxylic acids is 1. The second-order valence-electron chi connectivity index (χ2n) is 3.98. The maximum Gasteiger partial charge on any atom is 0.337 e. The van der Waals surface area contributed by atoms with Crippen LogP contribution in [0.1, 0.15) is 21.7 Å². The van der Waals surface area contributed by atoms with Gasteiger partial charge in [0.05, 0.1) is 27.1 Å². The van der Waals surface area contributed by atoms with Crippen molar-refractivity contribution < 1.29 is 9.90 Å². The topological polar surface area (TPSA) is 81.1 Å². The van der Waals surface area contributed by atoms with Crippen LogP contribution < -0.4 is 5.73 Å². The van der Waals surface area contributed by atoms with Gasteiger partial charge in [0, 0.05) is 5.69 Å². The van der Waals surface area contributed by atoms with Crippen molar-refractivity contribution in [1.82, 2.24) is 9.78 Å². The lowest BCUT2D eigenvalue weighted by Crippen LogP contribution is -2.08. The van der Waals surface area contributed by atoms with E-state index in [9.17, 15) is 9.90 Å². The van der Waals surface area contributed by atoms with Gasteiger partial charge in [-0.25, -0.2) is 9.48 Å². The lowest BCUT2D eigenvalue weighted by Gasteiger charge is -2.09. The molecule has 0 aliphatic rings. The fourth-order valence-corrected chi connectivity index (χ4v) is 2.02. The lowest BCUT2D eigenvalue weighted by atomic mass is 10.1. The number of aryl methyl sites for hydroxylation is 1. The van der Waals surface area contributed by atoms with E-state index in [-0.39, 0.29) is 5.56 Å². The van der Waals surface area contributed by atoms with Crippen molar-refractivity contribution in [3.8, 4) is 5.69 Å². The Balaban J connectivity index is 2.71. The molecule has 0 atom stereocenters. The normalized spacial score (nSPS) is 10.6. The summed E-state index contributed by atoms with van der Waals surface area (Å²) in [5.41, 5.74) is 8.32. The highest BCUT2D eigenvalue weighted by Crippen LogP contribution is 2.25. The van der Waals surface area contributed by atoms with E-state index in [0.717, 1.165) is 15.9 Å². The Bertz CT molecular complexity index is 634. The maximum absolute atomic E-state index is 11.2. The number of nitrogen functional groups attached to an aromatic ring is 1. The fourth-order valence-electron chi connectivity index (χ4n) is 1.77. The monoisotopic (exact) mass is 309 g/mol. The van der Waals surface area contributed by atoms with E-state index in [1.807, 2.05) is 13.8 Å². The SMILES string of the molecule is Cc1nn(-c2ccc(N)cc2C(=O)O)c(C)c1Br. The van der Waals surface area contributed by atoms with Gasteiger partial charge in [-0.2, -0.15) is 5.10 Å². The molecule has 3 N–H and O–H groups in total. The van der Waals surface area contributed by atoms with Crippen molar-refractivity contribution in [2.75, 3.05) is 5.73 Å². The highest BCUT2D eigenvalue weighted by atomic mass is 79.9. The van der Waals surface area contributed by atoms with Gasteiger partial charge in [0.15, 0.2) is 0 Å². The first-order valence-electron chi connectivity index (χ1n) is 5.26. The molecule has 0 unspecified atom stereocenters. The molecule has 18 heavy (non-hydrogen) atoms. The average Bonchev–Trinajstić information content (AvgIpc) is 2.57. The van der Waals surface area contributed by atoms with E-state index in [0.29, 0.717) is 11.4 Å². The summed E-state index contributed by atoms with van der Waals surface area (Å²) in [7, 11) is 0. The van der Waals surface area contributed by atoms with Gasteiger partial charge in [-0.05, 0) is 48.0 Å². The summed E-state index contributed by atoms with van der Waals surface area (Å²) >= 11 is 3.42. The third kappa shape index (κ3) is 1.99. The van der Waals surface area contributed by atoms with Crippen LogP contribution >= 0.6 is 15.9 Å². The number of carbonyl (C=O) groups is 1. The number of rotatable bonds is 2. The van der Waals surface area contributed by atoms with Crippen LogP contribution in [0.4, 0.5) is 5.69 Å². The van der Waals surface area contributed by atoms with Crippen molar-refractivity contribution in [2.45, 2.75) is 13.8 Å². The Kier molecular flexibility index (Phi) is 3.13. The predicted molar refractivity (Wildman–Crippen MR) is 72.1 cm³/mol. The zero-order valence-corrected chi connectivity index (χ0v) is 11.5. The molecule has 0 saturated carbocycles. The number of halogens is 1. The van der Waals surface area contributed by atoms with E-state index >= 15 is 0 Å². The Morgan fingerprint density at radius 1 is 1.44 bits per heavy atom. The zero-order valence-electron chi connectivity index (χ0n) is 9.94. The zero-order chi connectivity index (χ0) is 13.4. The molecule has 0 amide bonds. The van der Waals surface area contributed by atoms with Crippen LogP contribution in [0.3, 0.4) is 0 Å². The molecule has 5 nitrogen and oxygen atoms in total. The number of benzene rings is 1. The van der Waals surface area contributed by atoms with Gasteiger partial charge in [0.1, 0.15) is 0 Å². The summed E-state index contributed by atoms with van der Waals surface area (Å²) in [5.74, 6) is -1.03. The molecule has 1 aromatic carbocycles. The minimum atomic E-state index is -1.03. The molecular weight excluding hydrogens is 298 g/mol. The molecule has 2 rings (SSSR count). The minimum Gasteiger partial charge on any atom is -0.478 e. The van der Waals surface area contributed by atoms with Crippen molar-refractivity contribution in [3.05, 3.63) is 39.6 Å². The highest BCUT2D eigenvalue weighted by Gasteiger charge is 2.17. The molecule has 0 aliphatic heterocycles. The number of anilines is 1. The number of hydrogen-bond donors (Lipinski definition) is 2. The van der Waals surface area contributed by atoms with E-state index in [1.54, 1.807) is 16.8 Å². The second-order valence-corrected chi connectivity index (χ2v) is 4.77. The summed E-state index contributed by atoms with van der Waals surface area (Å²) < 4.78 is 2.47. The number of carboxylic acid groups (broad SMARTS) is 1. The first kappa shape index (κ1) is 12.6. The minimum absolute atomic E-state index is 0.133. The van der Waals surface area contributed by atoms with Gasteiger partial charge < -0.3 is 10.8 Å². The van der Waals surface area contributed by atoms with Crippen LogP contribution in [0.25, 0.3) is 5.69 Å². The van der Waals surface area contributed by atoms with Crippen LogP contribution in [0.2, 0.25) is 0 Å². The van der Waals surface area contributed by atoms with Crippen molar-refractivity contribution in [1.29, 1.82) is 0 Å². The summed E-state index contributed by atoms with van der Waals surface area (Å²) in [4.78, 5) is 11.2. The second kappa shape index (κ2) is 4.45. The third-order valence-electron chi connectivity index (χ3n) is 2.68. The standard InChI is InChI=1S/C12H12BrN3O2/c1-6-11(13)7(2)16(15-6)10-4-3-8(14)5-9(10)12(17)18/h3-5H,14H2,1-2H3,(H,17,18). The molecule has 94 valence electrons. The van der Waals surface area contributed by atoms with Crippen molar-refractivity contribution >= 4 is 27.6 Å². The van der Waals surface area contributed by atoms with Gasteiger partial charge in [-0.1, -0.05) is 0 Å². The van der Waals surface area contributed by atoms with Crippen LogP contribution in [0.5, 0.6) is 0 Å². The van der Waals surface area contributed by atoms with E-state index < -0.39 is 5.97 Å². The van der Waals surface area contributed by atoms with Crippen LogP contribution in [-0.4, -0.2) is 20.9 Å². The average molecular weight is 310 g/mol. The fraction of sp³-hybridized carbons (Fsp3) is 0.167. The van der Waals surface area contributed by atoms with E-state index in [4.69, 9.17) is 5.73 Å². The Labute approximate surface area is 112 Å². The molecule has 1 aromatic heterocycles. The maximum atomic E-state index is 11.2. The quantitative estimate of drug-likeness (QED) is 0.835. The van der Waals surface area contributed by atoms with Crippen LogP contribution in [-0.2, 0) is 0 Å². The Morgan fingerprint density at radius 2 is 2.11 bits per heavy atom. The molecule has 0 spiro atoms. The molecule has 6 heteroatoms.